The van der Waals surface area contributed by atoms with Gasteiger partial charge < -0.3 is 0 Å². The molecule has 0 N–H and O–H groups in total. The lowest BCUT2D eigenvalue weighted by Crippen LogP contribution is -2.03. The predicted molar refractivity (Wildman–Crippen MR) is 213 cm³/mol. The van der Waals surface area contributed by atoms with Gasteiger partial charge in [-0.05, 0) is 120 Å². The smallest absolute Gasteiger partial charge is 0.0340 e. The van der Waals surface area contributed by atoms with Gasteiger partial charge in [-0.25, -0.2) is 0 Å². The fourth-order valence-corrected chi connectivity index (χ4v) is 8.42. The molecule has 0 nitrogen and oxygen atoms in total. The van der Waals surface area contributed by atoms with Crippen LogP contribution in [0.15, 0.2) is 188 Å². The molecule has 8 aromatic carbocycles. The van der Waals surface area contributed by atoms with Crippen LogP contribution >= 0.6 is 0 Å². The van der Waals surface area contributed by atoms with E-state index in [0.717, 1.165) is 12.8 Å². The molecule has 51 heavy (non-hydrogen) atoms. The van der Waals surface area contributed by atoms with E-state index in [1.165, 1.54) is 94.6 Å². The molecule has 0 aromatic heterocycles. The SMILES string of the molecule is c1ccc(-c2ccc(C(c3ccc(-c4ccc5c(c4)-c4ccccc4C5)cc3)c3ccc(-c4ccc5c(c4)-c4ccccc4C5)cc3)cc2)cc1. The molecule has 10 rings (SSSR count). The van der Waals surface area contributed by atoms with E-state index in [2.05, 4.69) is 188 Å². The minimum atomic E-state index is 0.108. The highest BCUT2D eigenvalue weighted by molar-refractivity contribution is 5.83. The molecule has 0 saturated carbocycles. The van der Waals surface area contributed by atoms with Gasteiger partial charge in [-0.15, -0.1) is 0 Å². The number of hydrogen-bond donors (Lipinski definition) is 0. The molecule has 240 valence electrons. The first kappa shape index (κ1) is 29.7. The third-order valence-electron chi connectivity index (χ3n) is 11.1. The Hall–Kier alpha value is -6.24. The Morgan fingerprint density at radius 1 is 0.255 bits per heavy atom. The molecule has 0 saturated heterocycles. The molecule has 2 aliphatic carbocycles. The monoisotopic (exact) mass is 648 g/mol. The number of fused-ring (bicyclic) bond motifs is 6. The van der Waals surface area contributed by atoms with Gasteiger partial charge in [0.2, 0.25) is 0 Å². The summed E-state index contributed by atoms with van der Waals surface area (Å²) < 4.78 is 0. The Kier molecular flexibility index (Phi) is 7.13. The van der Waals surface area contributed by atoms with Crippen molar-refractivity contribution >= 4 is 0 Å². The fourth-order valence-electron chi connectivity index (χ4n) is 8.42. The van der Waals surface area contributed by atoms with E-state index in [4.69, 9.17) is 0 Å². The number of rotatable bonds is 6. The molecule has 0 heterocycles. The van der Waals surface area contributed by atoms with Crippen LogP contribution in [0.25, 0.3) is 55.6 Å². The van der Waals surface area contributed by atoms with Crippen LogP contribution in [0.4, 0.5) is 0 Å². The maximum Gasteiger partial charge on any atom is 0.0340 e. The second-order valence-electron chi connectivity index (χ2n) is 14.1. The van der Waals surface area contributed by atoms with Crippen LogP contribution < -0.4 is 0 Å². The summed E-state index contributed by atoms with van der Waals surface area (Å²) in [5, 5.41) is 0. The zero-order valence-electron chi connectivity index (χ0n) is 28.4. The molecule has 8 aromatic rings. The maximum absolute atomic E-state index is 2.38. The van der Waals surface area contributed by atoms with Crippen molar-refractivity contribution in [2.24, 2.45) is 0 Å². The lowest BCUT2D eigenvalue weighted by atomic mass is 9.83. The first-order valence-electron chi connectivity index (χ1n) is 18.0. The highest BCUT2D eigenvalue weighted by Crippen LogP contribution is 2.41. The van der Waals surface area contributed by atoms with Gasteiger partial charge in [-0.1, -0.05) is 176 Å². The molecule has 2 aliphatic rings. The van der Waals surface area contributed by atoms with Gasteiger partial charge in [0, 0.05) is 5.92 Å². The zero-order valence-corrected chi connectivity index (χ0v) is 28.4. The van der Waals surface area contributed by atoms with Crippen molar-refractivity contribution in [2.75, 3.05) is 0 Å². The Morgan fingerprint density at radius 3 is 1.04 bits per heavy atom. The van der Waals surface area contributed by atoms with Crippen LogP contribution in [0.1, 0.15) is 44.9 Å². The van der Waals surface area contributed by atoms with Crippen molar-refractivity contribution in [1.29, 1.82) is 0 Å². The molecular weight excluding hydrogens is 613 g/mol. The number of benzene rings is 8. The van der Waals surface area contributed by atoms with E-state index in [1.807, 2.05) is 0 Å². The van der Waals surface area contributed by atoms with Crippen LogP contribution in [-0.2, 0) is 12.8 Å². The van der Waals surface area contributed by atoms with E-state index in [9.17, 15) is 0 Å². The van der Waals surface area contributed by atoms with Crippen LogP contribution in [0.3, 0.4) is 0 Å². The quantitative estimate of drug-likeness (QED) is 0.157. The summed E-state index contributed by atoms with van der Waals surface area (Å²) in [6.45, 7) is 0. The molecule has 0 unspecified atom stereocenters. The Balaban J connectivity index is 1.00. The standard InChI is InChI=1S/C51H36/c1-2-8-34(9-3-1)35-14-20-38(21-15-35)51(39-22-16-36(17-23-39)41-26-28-45-30-43-10-4-6-12-47(43)49(45)32-41)40-24-18-37(19-25-40)42-27-29-46-31-44-11-5-7-13-48(44)50(46)33-42/h1-29,32-33,51H,30-31H2. The minimum absolute atomic E-state index is 0.108. The van der Waals surface area contributed by atoms with Crippen molar-refractivity contribution in [3.8, 4) is 55.6 Å². The minimum Gasteiger partial charge on any atom is -0.0622 e. The normalized spacial score (nSPS) is 12.3. The maximum atomic E-state index is 2.38. The third-order valence-corrected chi connectivity index (χ3v) is 11.1. The zero-order chi connectivity index (χ0) is 33.7. The summed E-state index contributed by atoms with van der Waals surface area (Å²) in [4.78, 5) is 0. The molecule has 0 bridgehead atoms. The van der Waals surface area contributed by atoms with Crippen molar-refractivity contribution in [1.82, 2.24) is 0 Å². The summed E-state index contributed by atoms with van der Waals surface area (Å²) >= 11 is 0. The van der Waals surface area contributed by atoms with Gasteiger partial charge in [0.15, 0.2) is 0 Å². The van der Waals surface area contributed by atoms with E-state index in [0.29, 0.717) is 0 Å². The van der Waals surface area contributed by atoms with Crippen LogP contribution in [-0.4, -0.2) is 0 Å². The van der Waals surface area contributed by atoms with E-state index >= 15 is 0 Å². The second-order valence-corrected chi connectivity index (χ2v) is 14.1. The Bertz CT molecular complexity index is 2400. The largest absolute Gasteiger partial charge is 0.0622 e. The lowest BCUT2D eigenvalue weighted by Gasteiger charge is -2.20. The summed E-state index contributed by atoms with van der Waals surface area (Å²) in [5.74, 6) is 0.108. The molecule has 0 atom stereocenters. The third kappa shape index (κ3) is 5.32. The van der Waals surface area contributed by atoms with Crippen LogP contribution in [0.5, 0.6) is 0 Å². The van der Waals surface area contributed by atoms with Crippen molar-refractivity contribution in [3.63, 3.8) is 0 Å². The number of hydrogen-bond acceptors (Lipinski definition) is 0. The molecule has 0 amide bonds. The van der Waals surface area contributed by atoms with Crippen molar-refractivity contribution in [2.45, 2.75) is 18.8 Å². The fraction of sp³-hybridized carbons (Fsp3) is 0.0588. The average Bonchev–Trinajstić information content (AvgIpc) is 3.77. The molecule has 0 spiro atoms. The van der Waals surface area contributed by atoms with Crippen LogP contribution in [0, 0.1) is 0 Å². The van der Waals surface area contributed by atoms with Crippen LogP contribution in [0.2, 0.25) is 0 Å². The first-order valence-corrected chi connectivity index (χ1v) is 18.0. The molecule has 0 aliphatic heterocycles. The molecular formula is C51H36. The Morgan fingerprint density at radius 2 is 0.588 bits per heavy atom. The highest BCUT2D eigenvalue weighted by atomic mass is 14.3. The average molecular weight is 649 g/mol. The van der Waals surface area contributed by atoms with Gasteiger partial charge in [0.05, 0.1) is 0 Å². The molecule has 0 heteroatoms. The Labute approximate surface area is 300 Å². The molecule has 0 fully saturated rings. The summed E-state index contributed by atoms with van der Waals surface area (Å²) in [6, 6.07) is 70.0. The van der Waals surface area contributed by atoms with Crippen molar-refractivity contribution in [3.05, 3.63) is 227 Å². The van der Waals surface area contributed by atoms with E-state index < -0.39 is 0 Å². The summed E-state index contributed by atoms with van der Waals surface area (Å²) in [5.41, 5.74) is 22.6. The first-order chi connectivity index (χ1) is 25.2. The van der Waals surface area contributed by atoms with E-state index in [1.54, 1.807) is 0 Å². The van der Waals surface area contributed by atoms with Crippen molar-refractivity contribution < 1.29 is 0 Å². The second kappa shape index (κ2) is 12.3. The molecule has 0 radical (unpaired) electrons. The summed E-state index contributed by atoms with van der Waals surface area (Å²) in [7, 11) is 0. The lowest BCUT2D eigenvalue weighted by molar-refractivity contribution is 0.978. The van der Waals surface area contributed by atoms with Gasteiger partial charge in [0.25, 0.3) is 0 Å². The summed E-state index contributed by atoms with van der Waals surface area (Å²) in [6.07, 6.45) is 2.05. The van der Waals surface area contributed by atoms with E-state index in [-0.39, 0.29) is 5.92 Å². The van der Waals surface area contributed by atoms with Gasteiger partial charge >= 0.3 is 0 Å². The van der Waals surface area contributed by atoms with Gasteiger partial charge in [-0.2, -0.15) is 0 Å². The van der Waals surface area contributed by atoms with Gasteiger partial charge in [-0.3, -0.25) is 0 Å². The van der Waals surface area contributed by atoms with Gasteiger partial charge in [0.1, 0.15) is 0 Å². The topological polar surface area (TPSA) is 0 Å². The highest BCUT2D eigenvalue weighted by Gasteiger charge is 2.21. The predicted octanol–water partition coefficient (Wildman–Crippen LogP) is 13.0.